The van der Waals surface area contributed by atoms with Gasteiger partial charge in [-0.2, -0.15) is 0 Å². The molecule has 1 aromatic rings. The number of carbonyl (C=O) groups is 2. The Morgan fingerprint density at radius 2 is 2.00 bits per heavy atom. The molecule has 0 radical (unpaired) electrons. The molecule has 1 fully saturated rings. The lowest BCUT2D eigenvalue weighted by molar-refractivity contribution is -0.146. The third-order valence-electron chi connectivity index (χ3n) is 4.58. The van der Waals surface area contributed by atoms with Gasteiger partial charge in [0, 0.05) is 16.6 Å². The van der Waals surface area contributed by atoms with Crippen molar-refractivity contribution in [3.63, 3.8) is 0 Å². The third-order valence-corrected chi connectivity index (χ3v) is 5.07. The summed E-state index contributed by atoms with van der Waals surface area (Å²) >= 11 is 3.37. The Bertz CT molecular complexity index is 648. The average Bonchev–Trinajstić information content (AvgIpc) is 3.01. The summed E-state index contributed by atoms with van der Waals surface area (Å²) in [5, 5.41) is 21.8. The highest BCUT2D eigenvalue weighted by Gasteiger charge is 2.38. The molecule has 25 heavy (non-hydrogen) atoms. The van der Waals surface area contributed by atoms with Crippen molar-refractivity contribution in [2.75, 3.05) is 6.54 Å². The largest absolute Gasteiger partial charge is 0.366 e. The second-order valence-electron chi connectivity index (χ2n) is 6.81. The summed E-state index contributed by atoms with van der Waals surface area (Å²) in [7, 11) is 0. The molecule has 138 valence electrons. The number of hydrogen-bond donors (Lipinski definition) is 3. The summed E-state index contributed by atoms with van der Waals surface area (Å²) in [6.07, 6.45) is -0.296. The van der Waals surface area contributed by atoms with Crippen molar-refractivity contribution < 1.29 is 19.8 Å². The van der Waals surface area contributed by atoms with E-state index >= 15 is 0 Å². The highest BCUT2D eigenvalue weighted by atomic mass is 79.9. The fraction of sp³-hybridized carbons (Fsp3) is 0.556. The van der Waals surface area contributed by atoms with Gasteiger partial charge in [0.05, 0.1) is 6.04 Å². The lowest BCUT2D eigenvalue weighted by Gasteiger charge is -2.31. The molecule has 0 unspecified atom stereocenters. The first-order valence-corrected chi connectivity index (χ1v) is 9.25. The van der Waals surface area contributed by atoms with E-state index < -0.39 is 18.4 Å². The molecule has 1 aliphatic rings. The first-order valence-electron chi connectivity index (χ1n) is 8.46. The monoisotopic (exact) mass is 412 g/mol. The number of aliphatic hydroxyl groups is 2. The first kappa shape index (κ1) is 19.9. The molecule has 1 saturated heterocycles. The molecular formula is C18H25BrN2O4. The number of hydrogen-bond acceptors (Lipinski definition) is 4. The third kappa shape index (κ3) is 4.59. The molecule has 3 N–H and O–H groups in total. The number of halogens is 1. The van der Waals surface area contributed by atoms with Gasteiger partial charge < -0.3 is 20.4 Å². The molecule has 0 aliphatic carbocycles. The van der Waals surface area contributed by atoms with Crippen LogP contribution in [0.5, 0.6) is 0 Å². The smallest absolute Gasteiger partial charge is 0.252 e. The summed E-state index contributed by atoms with van der Waals surface area (Å²) < 4.78 is 0.884. The van der Waals surface area contributed by atoms with Gasteiger partial charge in [-0.25, -0.2) is 0 Å². The van der Waals surface area contributed by atoms with E-state index in [1.54, 1.807) is 12.1 Å². The Morgan fingerprint density at radius 1 is 1.32 bits per heavy atom. The second-order valence-corrected chi connectivity index (χ2v) is 7.72. The van der Waals surface area contributed by atoms with E-state index in [0.717, 1.165) is 16.5 Å². The normalized spacial score (nSPS) is 18.7. The highest BCUT2D eigenvalue weighted by molar-refractivity contribution is 9.10. The van der Waals surface area contributed by atoms with E-state index in [4.69, 9.17) is 0 Å². The SMILES string of the molecule is Cc1cc(Br)ccc1C(=O)N[C@H](C(=O)N1CCC[C@H]1C(O)O)C(C)C. The van der Waals surface area contributed by atoms with E-state index in [2.05, 4.69) is 21.2 Å². The molecular weight excluding hydrogens is 388 g/mol. The van der Waals surface area contributed by atoms with Gasteiger partial charge >= 0.3 is 0 Å². The van der Waals surface area contributed by atoms with Gasteiger partial charge in [-0.05, 0) is 49.4 Å². The van der Waals surface area contributed by atoms with Crippen molar-refractivity contribution in [3.8, 4) is 0 Å². The molecule has 1 heterocycles. The van der Waals surface area contributed by atoms with E-state index in [0.29, 0.717) is 18.5 Å². The molecule has 2 atom stereocenters. The molecule has 2 rings (SSSR count). The zero-order valence-electron chi connectivity index (χ0n) is 14.7. The number of amides is 2. The van der Waals surface area contributed by atoms with E-state index in [9.17, 15) is 19.8 Å². The van der Waals surface area contributed by atoms with E-state index in [-0.39, 0.29) is 17.7 Å². The molecule has 0 aromatic heterocycles. The van der Waals surface area contributed by atoms with Crippen LogP contribution in [0.2, 0.25) is 0 Å². The Balaban J connectivity index is 2.17. The molecule has 0 saturated carbocycles. The topological polar surface area (TPSA) is 89.9 Å². The summed E-state index contributed by atoms with van der Waals surface area (Å²) in [6, 6.07) is 4.02. The fourth-order valence-electron chi connectivity index (χ4n) is 3.17. The minimum absolute atomic E-state index is 0.121. The van der Waals surface area contributed by atoms with Crippen molar-refractivity contribution in [1.29, 1.82) is 0 Å². The van der Waals surface area contributed by atoms with Crippen molar-refractivity contribution in [2.45, 2.75) is 52.0 Å². The summed E-state index contributed by atoms with van der Waals surface area (Å²) in [6.45, 7) is 6.03. The Kier molecular flexibility index (Phi) is 6.59. The summed E-state index contributed by atoms with van der Waals surface area (Å²) in [4.78, 5) is 27.0. The zero-order chi connectivity index (χ0) is 18.7. The van der Waals surface area contributed by atoms with Crippen LogP contribution in [0.25, 0.3) is 0 Å². The van der Waals surface area contributed by atoms with E-state index in [1.807, 2.05) is 26.8 Å². The van der Waals surface area contributed by atoms with Gasteiger partial charge in [0.25, 0.3) is 5.91 Å². The number of nitrogens with one attached hydrogen (secondary N) is 1. The van der Waals surface area contributed by atoms with Gasteiger partial charge in [0.2, 0.25) is 5.91 Å². The van der Waals surface area contributed by atoms with Crippen molar-refractivity contribution >= 4 is 27.7 Å². The predicted octanol–water partition coefficient (Wildman–Crippen LogP) is 1.81. The lowest BCUT2D eigenvalue weighted by atomic mass is 10.0. The minimum Gasteiger partial charge on any atom is -0.366 e. The molecule has 1 aromatic carbocycles. The van der Waals surface area contributed by atoms with Crippen LogP contribution in [0.1, 0.15) is 42.6 Å². The van der Waals surface area contributed by atoms with Crippen LogP contribution in [0.3, 0.4) is 0 Å². The molecule has 6 nitrogen and oxygen atoms in total. The zero-order valence-corrected chi connectivity index (χ0v) is 16.3. The van der Waals surface area contributed by atoms with Crippen molar-refractivity contribution in [2.24, 2.45) is 5.92 Å². The molecule has 7 heteroatoms. The van der Waals surface area contributed by atoms with Crippen LogP contribution < -0.4 is 5.32 Å². The fourth-order valence-corrected chi connectivity index (χ4v) is 3.64. The standard InChI is InChI=1S/C18H25BrN2O4/c1-10(2)15(17(23)21-8-4-5-14(21)18(24)25)20-16(22)13-7-6-12(19)9-11(13)3/h6-7,9-10,14-15,18,24-25H,4-5,8H2,1-3H3,(H,20,22)/t14-,15-/m0/s1. The van der Waals surface area contributed by atoms with Gasteiger partial charge in [0.15, 0.2) is 6.29 Å². The maximum atomic E-state index is 12.9. The maximum absolute atomic E-state index is 12.9. The number of aliphatic hydroxyl groups excluding tert-OH is 1. The maximum Gasteiger partial charge on any atom is 0.252 e. The molecule has 1 aliphatic heterocycles. The van der Waals surface area contributed by atoms with Crippen LogP contribution >= 0.6 is 15.9 Å². The van der Waals surface area contributed by atoms with Gasteiger partial charge in [0.1, 0.15) is 6.04 Å². The van der Waals surface area contributed by atoms with Gasteiger partial charge in [-0.15, -0.1) is 0 Å². The number of aryl methyl sites for hydroxylation is 1. The average molecular weight is 413 g/mol. The Hall–Kier alpha value is -1.44. The number of carbonyl (C=O) groups excluding carboxylic acids is 2. The van der Waals surface area contributed by atoms with Gasteiger partial charge in [-0.3, -0.25) is 9.59 Å². The van der Waals surface area contributed by atoms with Crippen LogP contribution in [0.4, 0.5) is 0 Å². The first-order chi connectivity index (χ1) is 11.7. The van der Waals surface area contributed by atoms with Crippen LogP contribution in [-0.4, -0.2) is 51.8 Å². The molecule has 0 bridgehead atoms. The van der Waals surface area contributed by atoms with Crippen molar-refractivity contribution in [1.82, 2.24) is 10.2 Å². The van der Waals surface area contributed by atoms with Crippen molar-refractivity contribution in [3.05, 3.63) is 33.8 Å². The number of likely N-dealkylation sites (tertiary alicyclic amines) is 1. The number of rotatable bonds is 5. The summed E-state index contributed by atoms with van der Waals surface area (Å²) in [5.41, 5.74) is 1.33. The Labute approximate surface area is 156 Å². The highest BCUT2D eigenvalue weighted by Crippen LogP contribution is 2.22. The van der Waals surface area contributed by atoms with E-state index in [1.165, 1.54) is 4.90 Å². The molecule has 2 amide bonds. The minimum atomic E-state index is -1.57. The van der Waals surface area contributed by atoms with Gasteiger partial charge in [-0.1, -0.05) is 29.8 Å². The van der Waals surface area contributed by atoms with Crippen LogP contribution in [0.15, 0.2) is 22.7 Å². The molecule has 0 spiro atoms. The second kappa shape index (κ2) is 8.29. The number of nitrogens with zero attached hydrogens (tertiary/aromatic N) is 1. The lowest BCUT2D eigenvalue weighted by Crippen LogP contribution is -2.54. The number of benzene rings is 1. The van der Waals surface area contributed by atoms with Crippen LogP contribution in [0, 0.1) is 12.8 Å². The predicted molar refractivity (Wildman–Crippen MR) is 97.9 cm³/mol. The Morgan fingerprint density at radius 3 is 2.56 bits per heavy atom. The quantitative estimate of drug-likeness (QED) is 0.643. The van der Waals surface area contributed by atoms with Crippen LogP contribution in [-0.2, 0) is 4.79 Å². The summed E-state index contributed by atoms with van der Waals surface area (Å²) in [5.74, 6) is -0.699.